The first-order valence-electron chi connectivity index (χ1n) is 10.9. The molecule has 0 aliphatic carbocycles. The summed E-state index contributed by atoms with van der Waals surface area (Å²) in [5.74, 6) is -1.71. The number of esters is 4. The Kier molecular flexibility index (Phi) is 20.7. The molecule has 0 saturated carbocycles. The maximum atomic E-state index is 11.0. The summed E-state index contributed by atoms with van der Waals surface area (Å²) in [5, 5.41) is 0. The van der Waals surface area contributed by atoms with Gasteiger partial charge < -0.3 is 28.4 Å². The Morgan fingerprint density at radius 3 is 0.914 bits per heavy atom. The van der Waals surface area contributed by atoms with Crippen LogP contribution >= 0.6 is 0 Å². The van der Waals surface area contributed by atoms with E-state index in [1.807, 2.05) is 0 Å². The Morgan fingerprint density at radius 2 is 0.657 bits per heavy atom. The topological polar surface area (TPSA) is 124 Å². The van der Waals surface area contributed by atoms with Gasteiger partial charge in [-0.05, 0) is 27.7 Å². The second-order valence-electron chi connectivity index (χ2n) is 7.24. The number of rotatable bonds is 17. The van der Waals surface area contributed by atoms with E-state index in [0.717, 1.165) is 0 Å². The molecule has 0 saturated heterocycles. The van der Waals surface area contributed by atoms with Crippen molar-refractivity contribution in [2.24, 2.45) is 0 Å². The number of ether oxygens (including phenoxy) is 6. The number of hydrogen-bond acceptors (Lipinski definition) is 10. The molecule has 0 N–H and O–H groups in total. The molecule has 0 aliphatic rings. The predicted octanol–water partition coefficient (Wildman–Crippen LogP) is 2.87. The van der Waals surface area contributed by atoms with Crippen LogP contribution in [0, 0.1) is 0 Å². The normalized spacial score (nSPS) is 9.60. The van der Waals surface area contributed by atoms with Gasteiger partial charge in [-0.2, -0.15) is 0 Å². The SMILES string of the molecule is C=C(C)C(=O)OCCCOC(=O)C(=C)C.C=C(C)C(=O)OCCOCCOCCOC(=O)C(=C)C. The first kappa shape index (κ1) is 33.9. The predicted molar refractivity (Wildman–Crippen MR) is 129 cm³/mol. The van der Waals surface area contributed by atoms with Crippen LogP contribution in [0.5, 0.6) is 0 Å². The summed E-state index contributed by atoms with van der Waals surface area (Å²) in [6, 6.07) is 0. The Labute approximate surface area is 207 Å². The molecular weight excluding hydrogens is 460 g/mol. The summed E-state index contributed by atoms with van der Waals surface area (Å²) >= 11 is 0. The van der Waals surface area contributed by atoms with Crippen molar-refractivity contribution in [3.05, 3.63) is 48.6 Å². The minimum atomic E-state index is -0.429. The van der Waals surface area contributed by atoms with Crippen LogP contribution in [0.15, 0.2) is 48.6 Å². The molecule has 0 aromatic carbocycles. The fourth-order valence-electron chi connectivity index (χ4n) is 1.59. The highest BCUT2D eigenvalue weighted by Crippen LogP contribution is 1.96. The van der Waals surface area contributed by atoms with E-state index < -0.39 is 23.9 Å². The molecule has 0 radical (unpaired) electrons. The van der Waals surface area contributed by atoms with Gasteiger partial charge in [-0.15, -0.1) is 0 Å². The van der Waals surface area contributed by atoms with Crippen molar-refractivity contribution >= 4 is 23.9 Å². The summed E-state index contributed by atoms with van der Waals surface area (Å²) in [6.45, 7) is 22.2. The van der Waals surface area contributed by atoms with Crippen LogP contribution in [-0.4, -0.2) is 76.7 Å². The maximum Gasteiger partial charge on any atom is 0.333 e. The molecule has 0 amide bonds. The fraction of sp³-hybridized carbons (Fsp3) is 0.520. The summed E-state index contributed by atoms with van der Waals surface area (Å²) in [7, 11) is 0. The van der Waals surface area contributed by atoms with E-state index in [4.69, 9.17) is 28.4 Å². The van der Waals surface area contributed by atoms with Crippen LogP contribution in [-0.2, 0) is 47.6 Å². The second-order valence-corrected chi connectivity index (χ2v) is 7.24. The molecule has 10 heteroatoms. The van der Waals surface area contributed by atoms with Crippen molar-refractivity contribution < 1.29 is 47.6 Å². The van der Waals surface area contributed by atoms with Crippen molar-refractivity contribution in [3.8, 4) is 0 Å². The lowest BCUT2D eigenvalue weighted by atomic mass is 10.3. The van der Waals surface area contributed by atoms with Gasteiger partial charge in [0.25, 0.3) is 0 Å². The number of carbonyl (C=O) groups is 4. The highest BCUT2D eigenvalue weighted by molar-refractivity contribution is 5.88. The molecule has 0 fully saturated rings. The third-order valence-electron chi connectivity index (χ3n) is 3.44. The van der Waals surface area contributed by atoms with E-state index in [1.165, 1.54) is 0 Å². The van der Waals surface area contributed by atoms with Gasteiger partial charge in [-0.1, -0.05) is 26.3 Å². The number of hydrogen-bond donors (Lipinski definition) is 0. The third-order valence-corrected chi connectivity index (χ3v) is 3.44. The molecule has 0 heterocycles. The molecule has 0 spiro atoms. The van der Waals surface area contributed by atoms with Gasteiger partial charge in [0.15, 0.2) is 0 Å². The lowest BCUT2D eigenvalue weighted by Crippen LogP contribution is -2.15. The van der Waals surface area contributed by atoms with Crippen molar-refractivity contribution in [3.63, 3.8) is 0 Å². The third kappa shape index (κ3) is 22.3. The van der Waals surface area contributed by atoms with Crippen molar-refractivity contribution in [1.29, 1.82) is 0 Å². The quantitative estimate of drug-likeness (QED) is 0.128. The standard InChI is InChI=1S/C14H22O6.C11H16O4/c1-11(2)13(15)19-9-7-17-5-6-18-8-10-20-14(16)12(3)4;1-8(2)10(12)14-6-5-7-15-11(13)9(3)4/h1,3,5-10H2,2,4H3;1,3,5-7H2,2,4H3. The van der Waals surface area contributed by atoms with E-state index >= 15 is 0 Å². The second kappa shape index (κ2) is 21.3. The van der Waals surface area contributed by atoms with Crippen LogP contribution in [0.4, 0.5) is 0 Å². The van der Waals surface area contributed by atoms with Crippen molar-refractivity contribution in [2.45, 2.75) is 34.1 Å². The molecule has 198 valence electrons. The monoisotopic (exact) mass is 498 g/mol. The first-order valence-corrected chi connectivity index (χ1v) is 10.9. The van der Waals surface area contributed by atoms with Crippen molar-refractivity contribution in [2.75, 3.05) is 52.9 Å². The Balaban J connectivity index is 0. The van der Waals surface area contributed by atoms with E-state index in [0.29, 0.717) is 55.1 Å². The Morgan fingerprint density at radius 1 is 0.429 bits per heavy atom. The molecule has 10 nitrogen and oxygen atoms in total. The molecule has 0 bridgehead atoms. The Hall–Kier alpha value is -3.24. The summed E-state index contributed by atoms with van der Waals surface area (Å²) in [6.07, 6.45) is 0.470. The molecule has 0 unspecified atom stereocenters. The molecular formula is C25H38O10. The minimum absolute atomic E-state index is 0.182. The fourth-order valence-corrected chi connectivity index (χ4v) is 1.59. The van der Waals surface area contributed by atoms with Gasteiger partial charge in [-0.3, -0.25) is 0 Å². The van der Waals surface area contributed by atoms with Gasteiger partial charge in [0.05, 0.1) is 39.6 Å². The van der Waals surface area contributed by atoms with E-state index in [1.54, 1.807) is 27.7 Å². The van der Waals surface area contributed by atoms with Crippen LogP contribution in [0.2, 0.25) is 0 Å². The Bertz CT molecular complexity index is 689. The smallest absolute Gasteiger partial charge is 0.333 e. The maximum absolute atomic E-state index is 11.0. The van der Waals surface area contributed by atoms with Gasteiger partial charge in [0.2, 0.25) is 0 Å². The zero-order valence-corrected chi connectivity index (χ0v) is 21.3. The molecule has 0 atom stereocenters. The van der Waals surface area contributed by atoms with Gasteiger partial charge in [-0.25, -0.2) is 19.2 Å². The van der Waals surface area contributed by atoms with Crippen LogP contribution < -0.4 is 0 Å². The summed E-state index contributed by atoms with van der Waals surface area (Å²) < 4.78 is 29.6. The van der Waals surface area contributed by atoms with E-state index in [9.17, 15) is 19.2 Å². The minimum Gasteiger partial charge on any atom is -0.462 e. The van der Waals surface area contributed by atoms with E-state index in [-0.39, 0.29) is 26.4 Å². The molecule has 35 heavy (non-hydrogen) atoms. The molecule has 0 aromatic rings. The summed E-state index contributed by atoms with van der Waals surface area (Å²) in [4.78, 5) is 43.8. The van der Waals surface area contributed by atoms with Gasteiger partial charge in [0.1, 0.15) is 13.2 Å². The van der Waals surface area contributed by atoms with Crippen LogP contribution in [0.25, 0.3) is 0 Å². The first-order chi connectivity index (χ1) is 16.4. The lowest BCUT2D eigenvalue weighted by Gasteiger charge is -2.07. The lowest BCUT2D eigenvalue weighted by molar-refractivity contribution is -0.142. The molecule has 0 aliphatic heterocycles. The van der Waals surface area contributed by atoms with Gasteiger partial charge >= 0.3 is 23.9 Å². The zero-order valence-electron chi connectivity index (χ0n) is 21.3. The average Bonchev–Trinajstić information content (AvgIpc) is 2.79. The van der Waals surface area contributed by atoms with Gasteiger partial charge in [0, 0.05) is 28.7 Å². The van der Waals surface area contributed by atoms with Crippen molar-refractivity contribution in [1.82, 2.24) is 0 Å². The largest absolute Gasteiger partial charge is 0.462 e. The molecule has 0 aromatic heterocycles. The molecule has 0 rings (SSSR count). The van der Waals surface area contributed by atoms with Crippen LogP contribution in [0.1, 0.15) is 34.1 Å². The summed E-state index contributed by atoms with van der Waals surface area (Å²) in [5.41, 5.74) is 1.43. The average molecular weight is 499 g/mol. The highest BCUT2D eigenvalue weighted by Gasteiger charge is 2.05. The van der Waals surface area contributed by atoms with E-state index in [2.05, 4.69) is 26.3 Å². The van der Waals surface area contributed by atoms with Crippen LogP contribution in [0.3, 0.4) is 0 Å². The highest BCUT2D eigenvalue weighted by atomic mass is 16.6. The zero-order chi connectivity index (χ0) is 27.2. The number of carbonyl (C=O) groups excluding carboxylic acids is 4.